The number of pyridine rings is 2. The Balaban J connectivity index is 2.17. The number of alkyl halides is 2. The lowest BCUT2D eigenvalue weighted by Crippen LogP contribution is -2.18. The fourth-order valence-corrected chi connectivity index (χ4v) is 1.49. The van der Waals surface area contributed by atoms with Crippen LogP contribution in [0.3, 0.4) is 0 Å². The Morgan fingerprint density at radius 2 is 2.12 bits per heavy atom. The van der Waals surface area contributed by atoms with Gasteiger partial charge in [0.2, 0.25) is 0 Å². The van der Waals surface area contributed by atoms with Gasteiger partial charge in [0.05, 0.1) is 0 Å². The molecule has 0 N–H and O–H groups in total. The highest BCUT2D eigenvalue weighted by Gasteiger charge is 2.27. The van der Waals surface area contributed by atoms with Crippen LogP contribution in [0.5, 0.6) is 0 Å². The van der Waals surface area contributed by atoms with Crippen LogP contribution in [-0.4, -0.2) is 22.2 Å². The van der Waals surface area contributed by atoms with Crippen molar-refractivity contribution in [2.45, 2.75) is 18.8 Å². The number of hydrogen-bond acceptors (Lipinski definition) is 3. The zero-order valence-electron chi connectivity index (χ0n) is 8.94. The van der Waals surface area contributed by atoms with Crippen molar-refractivity contribution < 1.29 is 13.6 Å². The lowest BCUT2D eigenvalue weighted by atomic mass is 10.1. The van der Waals surface area contributed by atoms with E-state index in [9.17, 15) is 13.6 Å². The minimum absolute atomic E-state index is 0.0538. The van der Waals surface area contributed by atoms with E-state index in [0.29, 0.717) is 11.3 Å². The van der Waals surface area contributed by atoms with Crippen LogP contribution in [0.4, 0.5) is 8.78 Å². The summed E-state index contributed by atoms with van der Waals surface area (Å²) >= 11 is 0. The topological polar surface area (TPSA) is 42.9 Å². The lowest BCUT2D eigenvalue weighted by molar-refractivity contribution is -0.129. The van der Waals surface area contributed by atoms with Crippen molar-refractivity contribution in [1.82, 2.24) is 9.97 Å². The van der Waals surface area contributed by atoms with E-state index in [2.05, 4.69) is 9.97 Å². The second kappa shape index (κ2) is 4.53. The first-order valence-corrected chi connectivity index (χ1v) is 5.15. The minimum Gasteiger partial charge on any atom is -0.297 e. The zero-order valence-corrected chi connectivity index (χ0v) is 8.94. The van der Waals surface area contributed by atoms with Gasteiger partial charge in [0.25, 0.3) is 0 Å². The van der Waals surface area contributed by atoms with Crippen molar-refractivity contribution in [2.24, 2.45) is 0 Å². The molecule has 5 heteroatoms. The number of fused-ring (bicyclic) bond motifs is 1. The van der Waals surface area contributed by atoms with Crippen LogP contribution in [0.25, 0.3) is 11.0 Å². The molecule has 2 heterocycles. The first kappa shape index (κ1) is 11.6. The molecule has 2 aromatic rings. The Kier molecular flexibility index (Phi) is 3.08. The summed E-state index contributed by atoms with van der Waals surface area (Å²) in [7, 11) is 0. The molecule has 0 radical (unpaired) electrons. The predicted octanol–water partition coefficient (Wildman–Crippen LogP) is 2.40. The Hall–Kier alpha value is -1.91. The summed E-state index contributed by atoms with van der Waals surface area (Å²) in [4.78, 5) is 18.3. The monoisotopic (exact) mass is 236 g/mol. The highest BCUT2D eigenvalue weighted by atomic mass is 19.3. The maximum atomic E-state index is 12.7. The number of aldehydes is 1. The number of aryl methyl sites for hydroxylation is 1. The second-order valence-corrected chi connectivity index (χ2v) is 3.73. The first-order valence-electron chi connectivity index (χ1n) is 5.15. The molecule has 0 unspecified atom stereocenters. The van der Waals surface area contributed by atoms with E-state index in [-0.39, 0.29) is 12.7 Å². The van der Waals surface area contributed by atoms with Gasteiger partial charge in [0, 0.05) is 23.7 Å². The van der Waals surface area contributed by atoms with E-state index in [1.54, 1.807) is 24.4 Å². The van der Waals surface area contributed by atoms with E-state index in [0.717, 1.165) is 5.39 Å². The van der Waals surface area contributed by atoms with Gasteiger partial charge in [-0.1, -0.05) is 0 Å². The average Bonchev–Trinajstić information content (AvgIpc) is 2.36. The van der Waals surface area contributed by atoms with Gasteiger partial charge in [0.15, 0.2) is 11.9 Å². The molecule has 0 aliphatic carbocycles. The molecule has 3 nitrogen and oxygen atoms in total. The Morgan fingerprint density at radius 1 is 1.29 bits per heavy atom. The highest BCUT2D eigenvalue weighted by molar-refractivity contribution is 5.74. The molecule has 0 atom stereocenters. The van der Waals surface area contributed by atoms with Gasteiger partial charge in [-0.05, 0) is 30.7 Å². The van der Waals surface area contributed by atoms with Gasteiger partial charge >= 0.3 is 5.92 Å². The fraction of sp³-hybridized carbons (Fsp3) is 0.250. The molecular formula is C12H10F2N2O. The zero-order chi connectivity index (χ0) is 12.3. The van der Waals surface area contributed by atoms with Crippen molar-refractivity contribution in [3.63, 3.8) is 0 Å². The third-order valence-corrected chi connectivity index (χ3v) is 2.41. The largest absolute Gasteiger partial charge is 0.302 e. The van der Waals surface area contributed by atoms with Crippen molar-refractivity contribution in [3.8, 4) is 0 Å². The number of nitrogens with zero attached hydrogens (tertiary/aromatic N) is 2. The molecule has 0 aliphatic heterocycles. The molecule has 2 rings (SSSR count). The first-order chi connectivity index (χ1) is 8.11. The van der Waals surface area contributed by atoms with Gasteiger partial charge in [-0.2, -0.15) is 8.78 Å². The predicted molar refractivity (Wildman–Crippen MR) is 58.9 cm³/mol. The number of carbonyl (C=O) groups excluding carboxylic acids is 1. The summed E-state index contributed by atoms with van der Waals surface area (Å²) in [6.45, 7) is 0. The van der Waals surface area contributed by atoms with E-state index in [1.807, 2.05) is 6.07 Å². The van der Waals surface area contributed by atoms with Crippen LogP contribution in [0.15, 0.2) is 30.5 Å². The molecule has 2 aromatic heterocycles. The molecule has 0 amide bonds. The molecule has 0 saturated carbocycles. The summed E-state index contributed by atoms with van der Waals surface area (Å²) in [6.07, 6.45) is 0.797. The maximum absolute atomic E-state index is 12.7. The van der Waals surface area contributed by atoms with Crippen molar-refractivity contribution in [3.05, 3.63) is 36.2 Å². The van der Waals surface area contributed by atoms with Crippen molar-refractivity contribution in [2.75, 3.05) is 0 Å². The van der Waals surface area contributed by atoms with Gasteiger partial charge in [-0.15, -0.1) is 0 Å². The summed E-state index contributed by atoms with van der Waals surface area (Å²) in [5.74, 6) is -3.28. The molecule has 0 spiro atoms. The number of carbonyl (C=O) groups is 1. The minimum atomic E-state index is -3.28. The normalized spacial score (nSPS) is 11.6. The van der Waals surface area contributed by atoms with Gasteiger partial charge < -0.3 is 0 Å². The summed E-state index contributed by atoms with van der Waals surface area (Å²) in [6, 6.07) is 7.08. The van der Waals surface area contributed by atoms with E-state index in [1.165, 1.54) is 0 Å². The molecule has 0 saturated heterocycles. The van der Waals surface area contributed by atoms with E-state index in [4.69, 9.17) is 0 Å². The molecule has 0 fully saturated rings. The molecule has 0 aliphatic rings. The van der Waals surface area contributed by atoms with Crippen LogP contribution in [0, 0.1) is 0 Å². The molecule has 0 aromatic carbocycles. The maximum Gasteiger partial charge on any atom is 0.302 e. The van der Waals surface area contributed by atoms with E-state index >= 15 is 0 Å². The third-order valence-electron chi connectivity index (χ3n) is 2.41. The number of halogens is 2. The summed E-state index contributed by atoms with van der Waals surface area (Å²) < 4.78 is 25.5. The van der Waals surface area contributed by atoms with Crippen molar-refractivity contribution >= 4 is 17.3 Å². The van der Waals surface area contributed by atoms with Crippen LogP contribution in [0.1, 0.15) is 12.1 Å². The average molecular weight is 236 g/mol. The summed E-state index contributed by atoms with van der Waals surface area (Å²) in [5.41, 5.74) is 1.04. The highest BCUT2D eigenvalue weighted by Crippen LogP contribution is 2.18. The Morgan fingerprint density at radius 3 is 2.88 bits per heavy atom. The van der Waals surface area contributed by atoms with Gasteiger partial charge in [0.1, 0.15) is 0 Å². The van der Waals surface area contributed by atoms with E-state index < -0.39 is 12.3 Å². The standard InChI is InChI=1S/C12H10F2N2O/c13-12(14,8-17)6-5-10-4-3-9-2-1-7-15-11(9)16-10/h1-4,7-8H,5-6H2. The molecule has 0 bridgehead atoms. The third kappa shape index (κ3) is 2.81. The van der Waals surface area contributed by atoms with Crippen LogP contribution < -0.4 is 0 Å². The molecular weight excluding hydrogens is 226 g/mol. The van der Waals surface area contributed by atoms with Crippen LogP contribution >= 0.6 is 0 Å². The quantitative estimate of drug-likeness (QED) is 0.765. The smallest absolute Gasteiger partial charge is 0.297 e. The number of aromatic nitrogens is 2. The molecule has 17 heavy (non-hydrogen) atoms. The molecule has 88 valence electrons. The summed E-state index contributed by atoms with van der Waals surface area (Å²) in [5, 5.41) is 0.860. The van der Waals surface area contributed by atoms with Gasteiger partial charge in [-0.3, -0.25) is 4.79 Å². The van der Waals surface area contributed by atoms with Crippen molar-refractivity contribution in [1.29, 1.82) is 0 Å². The number of rotatable bonds is 4. The lowest BCUT2D eigenvalue weighted by Gasteiger charge is -2.08. The fourth-order valence-electron chi connectivity index (χ4n) is 1.49. The van der Waals surface area contributed by atoms with Gasteiger partial charge in [-0.25, -0.2) is 9.97 Å². The Labute approximate surface area is 96.5 Å². The van der Waals surface area contributed by atoms with Crippen LogP contribution in [0.2, 0.25) is 0 Å². The Bertz CT molecular complexity index is 543. The number of hydrogen-bond donors (Lipinski definition) is 0. The second-order valence-electron chi connectivity index (χ2n) is 3.73. The van der Waals surface area contributed by atoms with Crippen LogP contribution in [-0.2, 0) is 11.2 Å². The SMILES string of the molecule is O=CC(F)(F)CCc1ccc2cccnc2n1.